The number of ether oxygens (including phenoxy) is 1. The van der Waals surface area contributed by atoms with E-state index in [1.165, 1.54) is 19.2 Å². The fourth-order valence-corrected chi connectivity index (χ4v) is 5.10. The molecule has 1 N–H and O–H groups in total. The first-order valence-corrected chi connectivity index (χ1v) is 10.9. The van der Waals surface area contributed by atoms with Crippen LogP contribution in [0.15, 0.2) is 42.1 Å². The van der Waals surface area contributed by atoms with Gasteiger partial charge in [-0.2, -0.15) is 0 Å². The first kappa shape index (κ1) is 21.7. The van der Waals surface area contributed by atoms with Gasteiger partial charge in [-0.15, -0.1) is 0 Å². The van der Waals surface area contributed by atoms with Crippen molar-refractivity contribution in [1.29, 1.82) is 0 Å². The smallest absolute Gasteiger partial charge is 0.295 e. The lowest BCUT2D eigenvalue weighted by Crippen LogP contribution is -2.40. The number of carbonyl (C=O) groups is 2. The van der Waals surface area contributed by atoms with Crippen molar-refractivity contribution in [3.8, 4) is 5.75 Å². The minimum absolute atomic E-state index is 0.00780. The van der Waals surface area contributed by atoms with Gasteiger partial charge >= 0.3 is 0 Å². The summed E-state index contributed by atoms with van der Waals surface area (Å²) < 4.78 is 5.16. The standard InChI is InChI=1S/C23H22Cl2N2O4/c1-31-22-15(24)11-13(12-16(22)25)20(28)18-19(17-9-5-6-10-26-17)27(23(30)21(18)29)14-7-3-2-4-8-14/h5-6,9-12,14,19,28H,2-4,7-8H2,1H3/b20-18+. The maximum atomic E-state index is 13.1. The Kier molecular flexibility index (Phi) is 6.21. The van der Waals surface area contributed by atoms with E-state index < -0.39 is 17.7 Å². The van der Waals surface area contributed by atoms with Gasteiger partial charge < -0.3 is 14.7 Å². The number of likely N-dealkylation sites (tertiary alicyclic amines) is 1. The lowest BCUT2D eigenvalue weighted by atomic mass is 9.92. The van der Waals surface area contributed by atoms with Crippen molar-refractivity contribution < 1.29 is 19.4 Å². The van der Waals surface area contributed by atoms with Gasteiger partial charge in [0, 0.05) is 17.8 Å². The summed E-state index contributed by atoms with van der Waals surface area (Å²) in [6, 6.07) is 7.39. The number of hydrogen-bond donors (Lipinski definition) is 1. The molecule has 31 heavy (non-hydrogen) atoms. The molecule has 1 aromatic heterocycles. The quantitative estimate of drug-likeness (QED) is 0.387. The molecular formula is C23H22Cl2N2O4. The third-order valence-corrected chi connectivity index (χ3v) is 6.45. The van der Waals surface area contributed by atoms with Crippen molar-refractivity contribution in [1.82, 2.24) is 9.88 Å². The van der Waals surface area contributed by atoms with Gasteiger partial charge in [-0.3, -0.25) is 14.6 Å². The fourth-order valence-electron chi connectivity index (χ4n) is 4.46. The van der Waals surface area contributed by atoms with E-state index in [0.29, 0.717) is 5.69 Å². The van der Waals surface area contributed by atoms with E-state index in [1.54, 1.807) is 29.3 Å². The number of amides is 1. The van der Waals surface area contributed by atoms with E-state index in [9.17, 15) is 14.7 Å². The van der Waals surface area contributed by atoms with Gasteiger partial charge in [0.05, 0.1) is 28.4 Å². The van der Waals surface area contributed by atoms with Crippen molar-refractivity contribution in [3.05, 3.63) is 63.4 Å². The van der Waals surface area contributed by atoms with Gasteiger partial charge in [-0.1, -0.05) is 48.5 Å². The van der Waals surface area contributed by atoms with Gasteiger partial charge in [-0.25, -0.2) is 0 Å². The second kappa shape index (κ2) is 8.89. The van der Waals surface area contributed by atoms with Gasteiger partial charge in [0.1, 0.15) is 11.8 Å². The number of halogens is 2. The summed E-state index contributed by atoms with van der Waals surface area (Å²) in [5.74, 6) is -1.42. The molecule has 1 amide bonds. The predicted molar refractivity (Wildman–Crippen MR) is 118 cm³/mol. The molecule has 2 aliphatic rings. The van der Waals surface area contributed by atoms with E-state index in [0.717, 1.165) is 32.1 Å². The number of Topliss-reactive ketones (excluding diaryl/α,β-unsaturated/α-hetero) is 1. The summed E-state index contributed by atoms with van der Waals surface area (Å²) in [6.07, 6.45) is 6.33. The molecule has 4 rings (SSSR count). The minimum atomic E-state index is -0.774. The van der Waals surface area contributed by atoms with Crippen molar-refractivity contribution in [3.63, 3.8) is 0 Å². The summed E-state index contributed by atoms with van der Waals surface area (Å²) in [6.45, 7) is 0. The molecule has 6 nitrogen and oxygen atoms in total. The third-order valence-electron chi connectivity index (χ3n) is 5.89. The zero-order valence-corrected chi connectivity index (χ0v) is 18.5. The van der Waals surface area contributed by atoms with E-state index in [4.69, 9.17) is 27.9 Å². The summed E-state index contributed by atoms with van der Waals surface area (Å²) in [7, 11) is 1.43. The molecule has 1 saturated heterocycles. The number of ketones is 1. The normalized spacial score (nSPS) is 21.5. The monoisotopic (exact) mass is 460 g/mol. The van der Waals surface area contributed by atoms with Gasteiger partial charge in [0.25, 0.3) is 11.7 Å². The van der Waals surface area contributed by atoms with E-state index in [-0.39, 0.29) is 38.7 Å². The van der Waals surface area contributed by atoms with Crippen molar-refractivity contribution >= 4 is 40.7 Å². The first-order chi connectivity index (χ1) is 14.9. The largest absolute Gasteiger partial charge is 0.507 e. The van der Waals surface area contributed by atoms with E-state index >= 15 is 0 Å². The number of carbonyl (C=O) groups excluding carboxylic acids is 2. The van der Waals surface area contributed by atoms with Crippen LogP contribution in [0.3, 0.4) is 0 Å². The molecule has 2 heterocycles. The number of benzene rings is 1. The molecule has 2 aromatic rings. The molecule has 8 heteroatoms. The molecular weight excluding hydrogens is 439 g/mol. The Labute approximate surface area is 190 Å². The van der Waals surface area contributed by atoms with Crippen LogP contribution in [0, 0.1) is 0 Å². The average Bonchev–Trinajstić information content (AvgIpc) is 3.05. The summed E-state index contributed by atoms with van der Waals surface area (Å²) in [5.41, 5.74) is 0.754. The van der Waals surface area contributed by atoms with Crippen LogP contribution in [0.2, 0.25) is 10.0 Å². The number of aliphatic hydroxyl groups excluding tert-OH is 1. The number of aromatic nitrogens is 1. The fraction of sp³-hybridized carbons (Fsp3) is 0.348. The molecule has 0 bridgehead atoms. The highest BCUT2D eigenvalue weighted by Gasteiger charge is 2.49. The SMILES string of the molecule is COc1c(Cl)cc(/C(O)=C2\C(=O)C(=O)N(C3CCCCC3)C2c2ccccn2)cc1Cl. The first-order valence-electron chi connectivity index (χ1n) is 10.2. The van der Waals surface area contributed by atoms with Crippen LogP contribution in [-0.4, -0.2) is 39.8 Å². The van der Waals surface area contributed by atoms with Crippen LogP contribution in [-0.2, 0) is 9.59 Å². The molecule has 1 unspecified atom stereocenters. The van der Waals surface area contributed by atoms with Crippen LogP contribution < -0.4 is 4.74 Å². The van der Waals surface area contributed by atoms with Crippen LogP contribution in [0.1, 0.15) is 49.4 Å². The van der Waals surface area contributed by atoms with E-state index in [1.807, 2.05) is 0 Å². The number of rotatable bonds is 4. The molecule has 162 valence electrons. The molecule has 0 spiro atoms. The molecule has 0 radical (unpaired) electrons. The van der Waals surface area contributed by atoms with E-state index in [2.05, 4.69) is 4.98 Å². The Morgan fingerprint density at radius 2 is 1.81 bits per heavy atom. The number of aliphatic hydroxyl groups is 1. The maximum absolute atomic E-state index is 13.1. The van der Waals surface area contributed by atoms with Crippen molar-refractivity contribution in [2.24, 2.45) is 0 Å². The maximum Gasteiger partial charge on any atom is 0.295 e. The summed E-state index contributed by atoms with van der Waals surface area (Å²) in [4.78, 5) is 32.2. The van der Waals surface area contributed by atoms with Crippen LogP contribution in [0.4, 0.5) is 0 Å². The predicted octanol–water partition coefficient (Wildman–Crippen LogP) is 5.15. The second-order valence-electron chi connectivity index (χ2n) is 7.73. The highest BCUT2D eigenvalue weighted by molar-refractivity contribution is 6.46. The molecule has 1 aliphatic heterocycles. The van der Waals surface area contributed by atoms with Crippen LogP contribution in [0.5, 0.6) is 5.75 Å². The Bertz CT molecular complexity index is 1030. The highest BCUT2D eigenvalue weighted by Crippen LogP contribution is 2.43. The Hall–Kier alpha value is -2.57. The lowest BCUT2D eigenvalue weighted by molar-refractivity contribution is -0.141. The topological polar surface area (TPSA) is 79.7 Å². The molecule has 1 atom stereocenters. The molecule has 1 saturated carbocycles. The minimum Gasteiger partial charge on any atom is -0.507 e. The number of nitrogens with zero attached hydrogens (tertiary/aromatic N) is 2. The lowest BCUT2D eigenvalue weighted by Gasteiger charge is -2.35. The summed E-state index contributed by atoms with van der Waals surface area (Å²) >= 11 is 12.5. The van der Waals surface area contributed by atoms with Gasteiger partial charge in [0.2, 0.25) is 0 Å². The van der Waals surface area contributed by atoms with Crippen LogP contribution in [0.25, 0.3) is 5.76 Å². The molecule has 1 aliphatic carbocycles. The number of pyridine rings is 1. The highest BCUT2D eigenvalue weighted by atomic mass is 35.5. The van der Waals surface area contributed by atoms with Crippen molar-refractivity contribution in [2.75, 3.05) is 7.11 Å². The zero-order valence-electron chi connectivity index (χ0n) is 17.0. The zero-order chi connectivity index (χ0) is 22.1. The molecule has 2 fully saturated rings. The van der Waals surface area contributed by atoms with Gasteiger partial charge in [-0.05, 0) is 37.1 Å². The Morgan fingerprint density at radius 1 is 1.13 bits per heavy atom. The summed E-state index contributed by atoms with van der Waals surface area (Å²) in [5, 5.41) is 11.5. The Balaban J connectivity index is 1.88. The van der Waals surface area contributed by atoms with Crippen molar-refractivity contribution in [2.45, 2.75) is 44.2 Å². The Morgan fingerprint density at radius 3 is 2.39 bits per heavy atom. The average molecular weight is 461 g/mol. The second-order valence-corrected chi connectivity index (χ2v) is 8.54. The third kappa shape index (κ3) is 3.90. The van der Waals surface area contributed by atoms with Crippen LogP contribution >= 0.6 is 23.2 Å². The molecule has 1 aromatic carbocycles. The number of methoxy groups -OCH3 is 1. The number of hydrogen-bond acceptors (Lipinski definition) is 5. The van der Waals surface area contributed by atoms with Gasteiger partial charge in [0.15, 0.2) is 5.75 Å².